The number of pyridine rings is 1. The van der Waals surface area contributed by atoms with Gasteiger partial charge in [0.2, 0.25) is 5.91 Å². The number of carboxylic acids is 1. The van der Waals surface area contributed by atoms with Crippen molar-refractivity contribution < 1.29 is 32.3 Å². The fourth-order valence-corrected chi connectivity index (χ4v) is 5.54. The Kier molecular flexibility index (Phi) is 6.44. The highest BCUT2D eigenvalue weighted by Crippen LogP contribution is 2.34. The Hall–Kier alpha value is -3.43. The molecule has 0 unspecified atom stereocenters. The summed E-state index contributed by atoms with van der Waals surface area (Å²) in [6.45, 7) is 0.263. The summed E-state index contributed by atoms with van der Waals surface area (Å²) >= 11 is 0. The molecule has 2 aromatic heterocycles. The summed E-state index contributed by atoms with van der Waals surface area (Å²) in [6.07, 6.45) is 4.85. The molecule has 1 fully saturated rings. The minimum atomic E-state index is -1.74. The topological polar surface area (TPSA) is 75.4 Å². The largest absolute Gasteiger partial charge is 0.481 e. The van der Waals surface area contributed by atoms with Gasteiger partial charge in [0.15, 0.2) is 17.5 Å². The smallest absolute Gasteiger partial charge is 0.306 e. The first kappa shape index (κ1) is 24.3. The summed E-state index contributed by atoms with van der Waals surface area (Å²) in [5.41, 5.74) is 1.40. The number of carbonyl (C=O) groups excluding carboxylic acids is 1. The average molecular weight is 503 g/mol. The van der Waals surface area contributed by atoms with Crippen LogP contribution in [-0.4, -0.2) is 38.0 Å². The fraction of sp³-hybridized carbons (Fsp3) is 0.423. The molecule has 5 rings (SSSR count). The maximum atomic E-state index is 14.5. The van der Waals surface area contributed by atoms with Gasteiger partial charge in [0.1, 0.15) is 11.5 Å². The predicted molar refractivity (Wildman–Crippen MR) is 122 cm³/mol. The maximum Gasteiger partial charge on any atom is 0.306 e. The lowest BCUT2D eigenvalue weighted by Crippen LogP contribution is -2.38. The Labute approximate surface area is 204 Å². The van der Waals surface area contributed by atoms with E-state index in [1.807, 2.05) is 6.07 Å². The van der Waals surface area contributed by atoms with Gasteiger partial charge >= 0.3 is 5.97 Å². The molecule has 0 saturated heterocycles. The van der Waals surface area contributed by atoms with Gasteiger partial charge in [-0.1, -0.05) is 0 Å². The number of hydrogen-bond acceptors (Lipinski definition) is 3. The number of halogens is 4. The van der Waals surface area contributed by atoms with Gasteiger partial charge in [-0.2, -0.15) is 0 Å². The third-order valence-corrected chi connectivity index (χ3v) is 7.55. The molecule has 0 atom stereocenters. The van der Waals surface area contributed by atoms with E-state index in [9.17, 15) is 32.3 Å². The van der Waals surface area contributed by atoms with Gasteiger partial charge in [-0.05, 0) is 55.7 Å². The summed E-state index contributed by atoms with van der Waals surface area (Å²) in [4.78, 5) is 30.4. The van der Waals surface area contributed by atoms with Crippen molar-refractivity contribution in [3.8, 4) is 0 Å². The summed E-state index contributed by atoms with van der Waals surface area (Å²) < 4.78 is 57.9. The monoisotopic (exact) mass is 503 g/mol. The Morgan fingerprint density at radius 1 is 1.06 bits per heavy atom. The van der Waals surface area contributed by atoms with E-state index in [1.54, 1.807) is 21.7 Å². The standard InChI is InChI=1S/C26H25F4N3O3/c27-19-11-20(28)24(30)23(29)18(19)12-33-21-13-32(9-7-16(21)17-2-1-8-31-25(17)33)22(34)10-14-3-5-15(6-4-14)26(35)36/h1-2,8,11,14-15H,3-7,9-10,12-13H2,(H,35,36)/t14-,15-. The number of carbonyl (C=O) groups is 2. The number of aliphatic carboxylic acids is 1. The van der Waals surface area contributed by atoms with Crippen molar-refractivity contribution in [2.24, 2.45) is 11.8 Å². The molecule has 0 bridgehead atoms. The number of hydrogen-bond donors (Lipinski definition) is 1. The Bertz CT molecular complexity index is 1350. The van der Waals surface area contributed by atoms with E-state index in [-0.39, 0.29) is 24.3 Å². The SMILES string of the molecule is O=C(C[C@H]1CC[C@H](C(=O)O)CC1)N1CCc2c(n(Cc3c(F)cc(F)c(F)c3F)c3ncccc23)C1. The summed E-state index contributed by atoms with van der Waals surface area (Å²) in [6, 6.07) is 3.92. The van der Waals surface area contributed by atoms with Crippen LogP contribution < -0.4 is 0 Å². The third kappa shape index (κ3) is 4.33. The lowest BCUT2D eigenvalue weighted by Gasteiger charge is -2.31. The molecule has 6 nitrogen and oxygen atoms in total. The van der Waals surface area contributed by atoms with E-state index in [2.05, 4.69) is 4.98 Å². The number of fused-ring (bicyclic) bond motifs is 3. The van der Waals surface area contributed by atoms with Gasteiger partial charge in [0, 0.05) is 41.9 Å². The molecule has 1 aliphatic heterocycles. The first-order valence-corrected chi connectivity index (χ1v) is 12.0. The summed E-state index contributed by atoms with van der Waals surface area (Å²) in [5.74, 6) is -7.20. The van der Waals surface area contributed by atoms with Gasteiger partial charge in [-0.15, -0.1) is 0 Å². The lowest BCUT2D eigenvalue weighted by molar-refractivity contribution is -0.143. The van der Waals surface area contributed by atoms with Gasteiger partial charge in [-0.3, -0.25) is 9.59 Å². The molecule has 0 radical (unpaired) electrons. The zero-order valence-electron chi connectivity index (χ0n) is 19.4. The van der Waals surface area contributed by atoms with Gasteiger partial charge < -0.3 is 14.6 Å². The highest BCUT2D eigenvalue weighted by Gasteiger charge is 2.32. The number of aromatic nitrogens is 2. The molecule has 1 saturated carbocycles. The van der Waals surface area contributed by atoms with E-state index < -0.39 is 41.3 Å². The van der Waals surface area contributed by atoms with Crippen LogP contribution in [0.4, 0.5) is 17.6 Å². The lowest BCUT2D eigenvalue weighted by atomic mass is 9.80. The summed E-state index contributed by atoms with van der Waals surface area (Å²) in [5, 5.41) is 9.98. The molecule has 2 aliphatic rings. The minimum Gasteiger partial charge on any atom is -0.481 e. The van der Waals surface area contributed by atoms with E-state index in [0.717, 1.165) is 10.9 Å². The number of nitrogens with zero attached hydrogens (tertiary/aromatic N) is 3. The first-order valence-electron chi connectivity index (χ1n) is 12.0. The maximum absolute atomic E-state index is 14.5. The first-order chi connectivity index (χ1) is 17.2. The highest BCUT2D eigenvalue weighted by atomic mass is 19.2. The number of benzene rings is 1. The van der Waals surface area contributed by atoms with Crippen LogP contribution in [0.15, 0.2) is 24.4 Å². The van der Waals surface area contributed by atoms with Crippen molar-refractivity contribution in [1.29, 1.82) is 0 Å². The van der Waals surface area contributed by atoms with Gasteiger partial charge in [0.05, 0.1) is 19.0 Å². The normalized spacial score (nSPS) is 19.9. The molecule has 190 valence electrons. The second-order valence-electron chi connectivity index (χ2n) is 9.66. The molecule has 0 spiro atoms. The van der Waals surface area contributed by atoms with Crippen LogP contribution in [0.1, 0.15) is 48.9 Å². The van der Waals surface area contributed by atoms with Gasteiger partial charge in [-0.25, -0.2) is 22.5 Å². The molecule has 10 heteroatoms. The van der Waals surface area contributed by atoms with E-state index in [4.69, 9.17) is 0 Å². The molecule has 3 aromatic rings. The molecule has 3 heterocycles. The average Bonchev–Trinajstić information content (AvgIpc) is 3.18. The molecule has 1 aromatic carbocycles. The van der Waals surface area contributed by atoms with Crippen LogP contribution in [0.2, 0.25) is 0 Å². The second kappa shape index (κ2) is 9.55. The van der Waals surface area contributed by atoms with Crippen LogP contribution >= 0.6 is 0 Å². The number of amides is 1. The Balaban J connectivity index is 1.41. The van der Waals surface area contributed by atoms with Crippen LogP contribution in [-0.2, 0) is 29.1 Å². The van der Waals surface area contributed by atoms with Crippen molar-refractivity contribution in [1.82, 2.24) is 14.5 Å². The minimum absolute atomic E-state index is 0.0608. The molecule has 1 aliphatic carbocycles. The summed E-state index contributed by atoms with van der Waals surface area (Å²) in [7, 11) is 0. The van der Waals surface area contributed by atoms with Gasteiger partial charge in [0.25, 0.3) is 0 Å². The van der Waals surface area contributed by atoms with Crippen LogP contribution in [0.25, 0.3) is 11.0 Å². The predicted octanol–water partition coefficient (Wildman–Crippen LogP) is 4.81. The third-order valence-electron chi connectivity index (χ3n) is 7.55. The highest BCUT2D eigenvalue weighted by molar-refractivity contribution is 5.84. The van der Waals surface area contributed by atoms with Crippen molar-refractivity contribution in [3.05, 3.63) is 64.5 Å². The molecule has 1 amide bonds. The quantitative estimate of drug-likeness (QED) is 0.308. The molecular weight excluding hydrogens is 478 g/mol. The van der Waals surface area contributed by atoms with Crippen LogP contribution in [0.5, 0.6) is 0 Å². The van der Waals surface area contributed by atoms with Crippen molar-refractivity contribution in [2.75, 3.05) is 6.54 Å². The number of rotatable bonds is 5. The van der Waals surface area contributed by atoms with Crippen LogP contribution in [0.3, 0.4) is 0 Å². The van der Waals surface area contributed by atoms with Crippen molar-refractivity contribution >= 4 is 22.9 Å². The second-order valence-corrected chi connectivity index (χ2v) is 9.66. The van der Waals surface area contributed by atoms with E-state index in [1.165, 1.54) is 0 Å². The Morgan fingerprint density at radius 2 is 1.81 bits per heavy atom. The zero-order chi connectivity index (χ0) is 25.6. The van der Waals surface area contributed by atoms with Crippen molar-refractivity contribution in [3.63, 3.8) is 0 Å². The van der Waals surface area contributed by atoms with E-state index in [0.29, 0.717) is 62.5 Å². The zero-order valence-corrected chi connectivity index (χ0v) is 19.4. The van der Waals surface area contributed by atoms with E-state index >= 15 is 0 Å². The molecule has 36 heavy (non-hydrogen) atoms. The van der Waals surface area contributed by atoms with Crippen LogP contribution in [0, 0.1) is 35.1 Å². The van der Waals surface area contributed by atoms with Crippen molar-refractivity contribution in [2.45, 2.75) is 51.6 Å². The molecular formula is C26H25F4N3O3. The fourth-order valence-electron chi connectivity index (χ4n) is 5.54. The Morgan fingerprint density at radius 3 is 2.53 bits per heavy atom. The molecule has 1 N–H and O–H groups in total. The number of carboxylic acid groups (broad SMARTS) is 1.